The highest BCUT2D eigenvalue weighted by Gasteiger charge is 2.15. The van der Waals surface area contributed by atoms with Crippen molar-refractivity contribution in [2.24, 2.45) is 0 Å². The maximum absolute atomic E-state index is 11.8. The Balaban J connectivity index is 1.81. The second-order valence-electron chi connectivity index (χ2n) is 4.00. The summed E-state index contributed by atoms with van der Waals surface area (Å²) in [6, 6.07) is 7.90. The van der Waals surface area contributed by atoms with Crippen molar-refractivity contribution in [2.75, 3.05) is 5.32 Å². The van der Waals surface area contributed by atoms with Crippen LogP contribution in [0.1, 0.15) is 10.6 Å². The Hall–Kier alpha value is -2.31. The molecule has 21 heavy (non-hydrogen) atoms. The number of nitrogens with zero attached hydrogens (tertiary/aromatic N) is 2. The molecule has 0 atom stereocenters. The van der Waals surface area contributed by atoms with Crippen molar-refractivity contribution < 1.29 is 13.6 Å². The Morgan fingerprint density at radius 3 is 2.57 bits per heavy atom. The van der Waals surface area contributed by atoms with E-state index in [4.69, 9.17) is 32.0 Å². The van der Waals surface area contributed by atoms with Gasteiger partial charge in [0.05, 0.1) is 6.26 Å². The van der Waals surface area contributed by atoms with Crippen LogP contribution in [0.15, 0.2) is 45.4 Å². The third kappa shape index (κ3) is 3.07. The van der Waals surface area contributed by atoms with Gasteiger partial charge in [-0.2, -0.15) is 0 Å². The number of halogens is 2. The van der Waals surface area contributed by atoms with E-state index in [0.29, 0.717) is 15.6 Å². The maximum Gasteiger partial charge on any atom is 0.322 e. The van der Waals surface area contributed by atoms with E-state index in [1.807, 2.05) is 0 Å². The van der Waals surface area contributed by atoms with E-state index in [1.165, 1.54) is 12.3 Å². The number of rotatable bonds is 3. The summed E-state index contributed by atoms with van der Waals surface area (Å²) in [5.74, 6) is -0.158. The van der Waals surface area contributed by atoms with Crippen LogP contribution in [0.25, 0.3) is 11.5 Å². The number of benzene rings is 1. The van der Waals surface area contributed by atoms with E-state index >= 15 is 0 Å². The molecule has 0 fully saturated rings. The Morgan fingerprint density at radius 1 is 1.14 bits per heavy atom. The van der Waals surface area contributed by atoms with E-state index < -0.39 is 5.91 Å². The van der Waals surface area contributed by atoms with E-state index in [1.54, 1.807) is 24.3 Å². The molecule has 0 unspecified atom stereocenters. The molecule has 0 saturated heterocycles. The van der Waals surface area contributed by atoms with Gasteiger partial charge in [-0.3, -0.25) is 10.1 Å². The summed E-state index contributed by atoms with van der Waals surface area (Å²) in [6.45, 7) is 0. The molecule has 1 amide bonds. The zero-order chi connectivity index (χ0) is 14.8. The number of amides is 1. The van der Waals surface area contributed by atoms with Crippen molar-refractivity contribution in [1.29, 1.82) is 0 Å². The average molecular weight is 324 g/mol. The van der Waals surface area contributed by atoms with Gasteiger partial charge >= 0.3 is 6.01 Å². The molecular formula is C13H7Cl2N3O3. The van der Waals surface area contributed by atoms with Gasteiger partial charge in [0, 0.05) is 15.6 Å². The van der Waals surface area contributed by atoms with Crippen LogP contribution >= 0.6 is 23.2 Å². The summed E-state index contributed by atoms with van der Waals surface area (Å²) in [6.07, 6.45) is 1.39. The van der Waals surface area contributed by atoms with Gasteiger partial charge in [0.15, 0.2) is 5.76 Å². The minimum absolute atomic E-state index is 0.0532. The van der Waals surface area contributed by atoms with Crippen LogP contribution in [-0.2, 0) is 0 Å². The van der Waals surface area contributed by atoms with E-state index in [2.05, 4.69) is 15.5 Å². The fraction of sp³-hybridized carbons (Fsp3) is 0. The topological polar surface area (TPSA) is 81.2 Å². The summed E-state index contributed by atoms with van der Waals surface area (Å²) >= 11 is 11.8. The van der Waals surface area contributed by atoms with Crippen molar-refractivity contribution in [2.45, 2.75) is 0 Å². The van der Waals surface area contributed by atoms with Crippen molar-refractivity contribution in [3.63, 3.8) is 0 Å². The fourth-order valence-electron chi connectivity index (χ4n) is 1.63. The minimum Gasteiger partial charge on any atom is -0.459 e. The molecule has 3 rings (SSSR count). The number of nitrogens with one attached hydrogen (secondary N) is 1. The summed E-state index contributed by atoms with van der Waals surface area (Å²) in [7, 11) is 0. The summed E-state index contributed by atoms with van der Waals surface area (Å²) in [4.78, 5) is 11.8. The first-order valence-electron chi connectivity index (χ1n) is 5.76. The van der Waals surface area contributed by atoms with E-state index in [-0.39, 0.29) is 17.7 Å². The number of carbonyl (C=O) groups is 1. The molecule has 106 valence electrons. The van der Waals surface area contributed by atoms with Crippen LogP contribution in [-0.4, -0.2) is 16.1 Å². The summed E-state index contributed by atoms with van der Waals surface area (Å²) in [5, 5.41) is 10.9. The highest BCUT2D eigenvalue weighted by molar-refractivity contribution is 6.35. The molecule has 6 nitrogen and oxygen atoms in total. The Bertz CT molecular complexity index is 764. The predicted molar refractivity (Wildman–Crippen MR) is 76.4 cm³/mol. The molecule has 2 heterocycles. The molecular weight excluding hydrogens is 317 g/mol. The summed E-state index contributed by atoms with van der Waals surface area (Å²) < 4.78 is 10.3. The van der Waals surface area contributed by atoms with E-state index in [0.717, 1.165) is 0 Å². The quantitative estimate of drug-likeness (QED) is 0.790. The predicted octanol–water partition coefficient (Wildman–Crippen LogP) is 3.89. The first-order chi connectivity index (χ1) is 10.1. The molecule has 0 spiro atoms. The number of aromatic nitrogens is 2. The molecule has 0 saturated carbocycles. The van der Waals surface area contributed by atoms with Crippen molar-refractivity contribution >= 4 is 35.1 Å². The Kier molecular flexibility index (Phi) is 3.64. The lowest BCUT2D eigenvalue weighted by Crippen LogP contribution is -2.10. The van der Waals surface area contributed by atoms with Crippen LogP contribution < -0.4 is 5.32 Å². The lowest BCUT2D eigenvalue weighted by molar-refractivity contribution is 0.0994. The number of hydrogen-bond donors (Lipinski definition) is 1. The molecule has 0 aliphatic heterocycles. The second-order valence-corrected chi connectivity index (χ2v) is 4.87. The van der Waals surface area contributed by atoms with Gasteiger partial charge in [-0.1, -0.05) is 28.3 Å². The fourth-order valence-corrected chi connectivity index (χ4v) is 2.16. The zero-order valence-electron chi connectivity index (χ0n) is 10.3. The van der Waals surface area contributed by atoms with Gasteiger partial charge in [-0.05, 0) is 30.3 Å². The lowest BCUT2D eigenvalue weighted by atomic mass is 10.2. The number of anilines is 1. The van der Waals surface area contributed by atoms with Gasteiger partial charge < -0.3 is 8.83 Å². The standard InChI is InChI=1S/C13H7Cl2N3O3/c14-8-4-7(5-9(15)6-8)12-17-18-13(21-12)16-11(19)10-2-1-3-20-10/h1-6H,(H,16,18,19). The van der Waals surface area contributed by atoms with Crippen LogP contribution in [0.4, 0.5) is 6.01 Å². The molecule has 0 aliphatic carbocycles. The molecule has 2 aromatic heterocycles. The van der Waals surface area contributed by atoms with Crippen LogP contribution in [0.5, 0.6) is 0 Å². The van der Waals surface area contributed by atoms with Gasteiger partial charge in [0.1, 0.15) is 0 Å². The van der Waals surface area contributed by atoms with Gasteiger partial charge in [0.25, 0.3) is 5.91 Å². The van der Waals surface area contributed by atoms with Crippen LogP contribution in [0, 0.1) is 0 Å². The number of hydrogen-bond acceptors (Lipinski definition) is 5. The van der Waals surface area contributed by atoms with Crippen molar-refractivity contribution in [3.05, 3.63) is 52.4 Å². The third-order valence-electron chi connectivity index (χ3n) is 2.50. The number of furan rings is 1. The maximum atomic E-state index is 11.8. The molecule has 0 radical (unpaired) electrons. The normalized spacial score (nSPS) is 10.6. The molecule has 3 aromatic rings. The molecule has 8 heteroatoms. The highest BCUT2D eigenvalue weighted by atomic mass is 35.5. The zero-order valence-corrected chi connectivity index (χ0v) is 11.9. The van der Waals surface area contributed by atoms with Crippen LogP contribution in [0.3, 0.4) is 0 Å². The van der Waals surface area contributed by atoms with Gasteiger partial charge in [-0.25, -0.2) is 0 Å². The SMILES string of the molecule is O=C(Nc1nnc(-c2cc(Cl)cc(Cl)c2)o1)c1ccco1. The van der Waals surface area contributed by atoms with Gasteiger partial charge in [0.2, 0.25) is 5.89 Å². The molecule has 0 aliphatic rings. The van der Waals surface area contributed by atoms with E-state index in [9.17, 15) is 4.79 Å². The van der Waals surface area contributed by atoms with Crippen molar-refractivity contribution in [1.82, 2.24) is 10.2 Å². The summed E-state index contributed by atoms with van der Waals surface area (Å²) in [5.41, 5.74) is 0.554. The Labute approximate surface area is 128 Å². The lowest BCUT2D eigenvalue weighted by Gasteiger charge is -1.98. The third-order valence-corrected chi connectivity index (χ3v) is 2.94. The monoisotopic (exact) mass is 323 g/mol. The minimum atomic E-state index is -0.487. The molecule has 0 bridgehead atoms. The Morgan fingerprint density at radius 2 is 1.90 bits per heavy atom. The van der Waals surface area contributed by atoms with Crippen LogP contribution in [0.2, 0.25) is 10.0 Å². The second kappa shape index (κ2) is 5.59. The highest BCUT2D eigenvalue weighted by Crippen LogP contribution is 2.27. The average Bonchev–Trinajstić information content (AvgIpc) is 3.08. The number of carbonyl (C=O) groups excluding carboxylic acids is 1. The smallest absolute Gasteiger partial charge is 0.322 e. The molecule has 1 aromatic carbocycles. The first kappa shape index (κ1) is 13.7. The molecule has 1 N–H and O–H groups in total. The van der Waals surface area contributed by atoms with Crippen molar-refractivity contribution in [3.8, 4) is 11.5 Å². The largest absolute Gasteiger partial charge is 0.459 e. The van der Waals surface area contributed by atoms with Gasteiger partial charge in [-0.15, -0.1) is 5.10 Å². The first-order valence-corrected chi connectivity index (χ1v) is 6.52.